The van der Waals surface area contributed by atoms with Gasteiger partial charge in [-0.15, -0.1) is 0 Å². The molecule has 62 valence electrons. The molecule has 5 nitrogen and oxygen atoms in total. The van der Waals surface area contributed by atoms with E-state index >= 15 is 0 Å². The molecule has 0 aromatic heterocycles. The maximum atomic E-state index is 10.4. The highest BCUT2D eigenvalue weighted by Crippen LogP contribution is 1.77. The zero-order valence-corrected chi connectivity index (χ0v) is 6.77. The first-order chi connectivity index (χ1) is 4.56. The largest absolute Gasteiger partial charge is 0.357 e. The zero-order chi connectivity index (χ0) is 8.04. The molecule has 0 bridgehead atoms. The van der Waals surface area contributed by atoms with Crippen molar-refractivity contribution in [3.05, 3.63) is 0 Å². The average molecular weight is 169 g/mol. The summed E-state index contributed by atoms with van der Waals surface area (Å²) in [6.45, 7) is 0.0372. The summed E-state index contributed by atoms with van der Waals surface area (Å²) in [7, 11) is -1.55. The minimum atomic E-state index is -3.00. The minimum Gasteiger partial charge on any atom is -0.357 e. The monoisotopic (exact) mass is 169 g/mol. The van der Waals surface area contributed by atoms with Gasteiger partial charge in [-0.25, -0.2) is 8.42 Å². The summed E-state index contributed by atoms with van der Waals surface area (Å²) in [5, 5.41) is 0. The second-order valence-electron chi connectivity index (χ2n) is 1.77. The van der Waals surface area contributed by atoms with Gasteiger partial charge in [-0.05, 0) is 0 Å². The molecule has 0 radical (unpaired) electrons. The number of nitrogens with one attached hydrogen (secondary N) is 1. The summed E-state index contributed by atoms with van der Waals surface area (Å²) in [6, 6.07) is 0. The van der Waals surface area contributed by atoms with Crippen LogP contribution in [0, 0.1) is 0 Å². The third-order valence-corrected chi connectivity index (χ3v) is 1.24. The molecule has 0 aliphatic carbocycles. The Hall–Kier alpha value is -0.170. The quantitative estimate of drug-likeness (QED) is 0.329. The second-order valence-corrected chi connectivity index (χ2v) is 3.91. The lowest BCUT2D eigenvalue weighted by Crippen LogP contribution is -2.23. The maximum absolute atomic E-state index is 10.4. The highest BCUT2D eigenvalue weighted by atomic mass is 32.2. The summed E-state index contributed by atoms with van der Waals surface area (Å²) in [5.41, 5.74) is 2.21. The molecule has 0 heterocycles. The van der Waals surface area contributed by atoms with Gasteiger partial charge in [-0.1, -0.05) is 0 Å². The fourth-order valence-corrected chi connectivity index (χ4v) is 0.547. The standard InChI is InChI=1S/C4H11NO4S/c1-8-4-9-5-3-10(2,6)7/h5H,3-4H2,1-2H3. The molecular formula is C4H11NO4S. The number of methoxy groups -OCH3 is 1. The van der Waals surface area contributed by atoms with Gasteiger partial charge in [0.2, 0.25) is 0 Å². The van der Waals surface area contributed by atoms with Crippen LogP contribution in [0.1, 0.15) is 0 Å². The lowest BCUT2D eigenvalue weighted by atomic mass is 11.4. The van der Waals surface area contributed by atoms with Gasteiger partial charge in [0.25, 0.3) is 0 Å². The average Bonchev–Trinajstić information content (AvgIpc) is 1.78. The predicted molar refractivity (Wildman–Crippen MR) is 35.8 cm³/mol. The van der Waals surface area contributed by atoms with Crippen molar-refractivity contribution in [2.75, 3.05) is 26.0 Å². The molecule has 0 aliphatic heterocycles. The summed E-state index contributed by atoms with van der Waals surface area (Å²) in [5.74, 6) is -0.198. The SMILES string of the molecule is COCONCS(C)(=O)=O. The molecule has 0 saturated carbocycles. The highest BCUT2D eigenvalue weighted by Gasteiger charge is 1.98. The zero-order valence-electron chi connectivity index (χ0n) is 5.96. The molecule has 0 fully saturated rings. The maximum Gasteiger partial charge on any atom is 0.166 e. The van der Waals surface area contributed by atoms with E-state index < -0.39 is 9.84 Å². The third-order valence-electron chi connectivity index (χ3n) is 0.600. The van der Waals surface area contributed by atoms with Crippen LogP contribution < -0.4 is 5.48 Å². The number of rotatable bonds is 5. The summed E-state index contributed by atoms with van der Waals surface area (Å²) < 4.78 is 25.3. The third kappa shape index (κ3) is 7.83. The van der Waals surface area contributed by atoms with Crippen LogP contribution in [0.15, 0.2) is 0 Å². The number of hydrogen-bond acceptors (Lipinski definition) is 5. The summed E-state index contributed by atoms with van der Waals surface area (Å²) in [6.07, 6.45) is 1.11. The molecule has 0 aliphatic rings. The Morgan fingerprint density at radius 1 is 1.50 bits per heavy atom. The highest BCUT2D eigenvalue weighted by molar-refractivity contribution is 7.90. The fraction of sp³-hybridized carbons (Fsp3) is 1.00. The first-order valence-corrected chi connectivity index (χ1v) is 4.63. The molecule has 1 N–H and O–H groups in total. The number of hydrogen-bond donors (Lipinski definition) is 1. The van der Waals surface area contributed by atoms with E-state index in [1.165, 1.54) is 7.11 Å². The van der Waals surface area contributed by atoms with Crippen molar-refractivity contribution >= 4 is 9.84 Å². The van der Waals surface area contributed by atoms with E-state index in [0.29, 0.717) is 0 Å². The molecule has 0 amide bonds. The van der Waals surface area contributed by atoms with Crippen LogP contribution in [0.3, 0.4) is 0 Å². The van der Waals surface area contributed by atoms with Gasteiger partial charge < -0.3 is 4.74 Å². The number of hydroxylamine groups is 1. The Balaban J connectivity index is 3.21. The van der Waals surface area contributed by atoms with E-state index in [1.807, 2.05) is 0 Å². The summed E-state index contributed by atoms with van der Waals surface area (Å²) in [4.78, 5) is 4.51. The Bertz CT molecular complexity index is 164. The smallest absolute Gasteiger partial charge is 0.166 e. The van der Waals surface area contributed by atoms with E-state index in [4.69, 9.17) is 0 Å². The van der Waals surface area contributed by atoms with Gasteiger partial charge in [0.05, 0.1) is 0 Å². The Morgan fingerprint density at radius 2 is 2.10 bits per heavy atom. The van der Waals surface area contributed by atoms with Crippen molar-refractivity contribution in [2.45, 2.75) is 0 Å². The van der Waals surface area contributed by atoms with Crippen molar-refractivity contribution in [3.63, 3.8) is 0 Å². The molecule has 0 saturated heterocycles. The molecule has 0 unspecified atom stereocenters. The van der Waals surface area contributed by atoms with Crippen LogP contribution in [-0.2, 0) is 19.4 Å². The lowest BCUT2D eigenvalue weighted by molar-refractivity contribution is -0.0759. The van der Waals surface area contributed by atoms with Crippen molar-refractivity contribution in [2.24, 2.45) is 0 Å². The van der Waals surface area contributed by atoms with Crippen LogP contribution >= 0.6 is 0 Å². The van der Waals surface area contributed by atoms with Crippen molar-refractivity contribution in [1.82, 2.24) is 5.48 Å². The van der Waals surface area contributed by atoms with E-state index in [1.54, 1.807) is 0 Å². The lowest BCUT2D eigenvalue weighted by Gasteiger charge is -2.01. The van der Waals surface area contributed by atoms with Crippen LogP contribution in [-0.4, -0.2) is 34.5 Å². The molecule has 10 heavy (non-hydrogen) atoms. The van der Waals surface area contributed by atoms with Gasteiger partial charge in [0.15, 0.2) is 16.6 Å². The first-order valence-electron chi connectivity index (χ1n) is 2.57. The molecule has 0 rings (SSSR count). The first kappa shape index (κ1) is 9.83. The Kier molecular flexibility index (Phi) is 4.54. The van der Waals surface area contributed by atoms with Gasteiger partial charge in [-0.3, -0.25) is 4.84 Å². The fourth-order valence-electron chi connectivity index (χ4n) is 0.249. The number of ether oxygens (including phenoxy) is 1. The topological polar surface area (TPSA) is 64.6 Å². The van der Waals surface area contributed by atoms with Crippen LogP contribution in [0.2, 0.25) is 0 Å². The van der Waals surface area contributed by atoms with Gasteiger partial charge in [-0.2, -0.15) is 5.48 Å². The minimum absolute atomic E-state index is 0.0372. The van der Waals surface area contributed by atoms with Crippen LogP contribution in [0.5, 0.6) is 0 Å². The number of sulfone groups is 1. The summed E-state index contributed by atoms with van der Waals surface area (Å²) >= 11 is 0. The van der Waals surface area contributed by atoms with Crippen molar-refractivity contribution < 1.29 is 18.0 Å². The van der Waals surface area contributed by atoms with Crippen molar-refractivity contribution in [3.8, 4) is 0 Å². The normalized spacial score (nSPS) is 11.8. The predicted octanol–water partition coefficient (Wildman–Crippen LogP) is -0.886. The molecule has 0 atom stereocenters. The van der Waals surface area contributed by atoms with Gasteiger partial charge in [0, 0.05) is 13.4 Å². The van der Waals surface area contributed by atoms with Gasteiger partial charge >= 0.3 is 0 Å². The molecule has 0 aromatic carbocycles. The van der Waals surface area contributed by atoms with Crippen LogP contribution in [0.25, 0.3) is 0 Å². The molecular weight excluding hydrogens is 158 g/mol. The van der Waals surface area contributed by atoms with E-state index in [0.717, 1.165) is 6.26 Å². The second kappa shape index (κ2) is 4.62. The molecule has 6 heteroatoms. The Labute approximate surface area is 60.2 Å². The van der Waals surface area contributed by atoms with E-state index in [2.05, 4.69) is 15.1 Å². The molecule has 0 aromatic rings. The Morgan fingerprint density at radius 3 is 2.50 bits per heavy atom. The van der Waals surface area contributed by atoms with E-state index in [9.17, 15) is 8.42 Å². The van der Waals surface area contributed by atoms with E-state index in [-0.39, 0.29) is 12.7 Å². The van der Waals surface area contributed by atoms with Crippen molar-refractivity contribution in [1.29, 1.82) is 0 Å². The molecule has 0 spiro atoms. The van der Waals surface area contributed by atoms with Gasteiger partial charge in [0.1, 0.15) is 5.88 Å². The van der Waals surface area contributed by atoms with Crippen LogP contribution in [0.4, 0.5) is 0 Å².